The van der Waals surface area contributed by atoms with Gasteiger partial charge in [0.15, 0.2) is 0 Å². The van der Waals surface area contributed by atoms with E-state index < -0.39 is 0 Å². The Morgan fingerprint density at radius 1 is 1.11 bits per heavy atom. The number of hydrogen-bond acceptors (Lipinski definition) is 3. The van der Waals surface area contributed by atoms with Gasteiger partial charge >= 0.3 is 0 Å². The molecule has 0 aromatic rings. The summed E-state index contributed by atoms with van der Waals surface area (Å²) in [5.74, 6) is 1.11. The van der Waals surface area contributed by atoms with Crippen molar-refractivity contribution in [3.05, 3.63) is 0 Å². The lowest BCUT2D eigenvalue weighted by molar-refractivity contribution is -0.139. The number of piperazine rings is 1. The first-order valence-electron chi connectivity index (χ1n) is 7.17. The summed E-state index contributed by atoms with van der Waals surface area (Å²) in [6.45, 7) is 9.05. The predicted octanol–water partition coefficient (Wildman–Crippen LogP) is 0.688. The Balaban J connectivity index is 2.40. The van der Waals surface area contributed by atoms with Gasteiger partial charge in [-0.25, -0.2) is 0 Å². The molecule has 0 aromatic heterocycles. The zero-order valence-corrected chi connectivity index (χ0v) is 12.4. The highest BCUT2D eigenvalue weighted by Crippen LogP contribution is 2.16. The number of nitrogens with two attached hydrogens (primary N) is 1. The molecule has 0 aliphatic carbocycles. The first-order valence-corrected chi connectivity index (χ1v) is 7.17. The first kappa shape index (κ1) is 16.0. The molecule has 110 valence electrons. The Morgan fingerprint density at radius 3 is 2.05 bits per heavy atom. The average molecular weight is 269 g/mol. The molecule has 1 aliphatic heterocycles. The van der Waals surface area contributed by atoms with Crippen LogP contribution in [0.3, 0.4) is 0 Å². The Bertz CT molecular complexity index is 310. The van der Waals surface area contributed by atoms with E-state index in [9.17, 15) is 9.59 Å². The standard InChI is InChI=1S/C14H27N3O2/c1-11(2)8-13(10-15)9-14(19)17-6-4-16(5-7-17)12(3)18/h11,13H,4-10,15H2,1-3H3/t13-/m0/s1. The minimum atomic E-state index is 0.0896. The molecule has 5 heteroatoms. The second-order valence-electron chi connectivity index (χ2n) is 5.82. The highest BCUT2D eigenvalue weighted by atomic mass is 16.2. The normalized spacial score (nSPS) is 17.7. The molecule has 2 N–H and O–H groups in total. The lowest BCUT2D eigenvalue weighted by Crippen LogP contribution is -2.50. The largest absolute Gasteiger partial charge is 0.339 e. The van der Waals surface area contributed by atoms with Crippen LogP contribution in [-0.2, 0) is 9.59 Å². The van der Waals surface area contributed by atoms with Crippen molar-refractivity contribution in [2.75, 3.05) is 32.7 Å². The van der Waals surface area contributed by atoms with Gasteiger partial charge in [0.1, 0.15) is 0 Å². The summed E-state index contributed by atoms with van der Waals surface area (Å²) in [6, 6.07) is 0. The predicted molar refractivity (Wildman–Crippen MR) is 75.5 cm³/mol. The third-order valence-electron chi connectivity index (χ3n) is 3.68. The van der Waals surface area contributed by atoms with Crippen LogP contribution in [0, 0.1) is 11.8 Å². The third-order valence-corrected chi connectivity index (χ3v) is 3.68. The third kappa shape index (κ3) is 5.19. The summed E-state index contributed by atoms with van der Waals surface area (Å²) in [5, 5.41) is 0. The topological polar surface area (TPSA) is 66.6 Å². The van der Waals surface area contributed by atoms with E-state index in [1.165, 1.54) is 0 Å². The molecule has 5 nitrogen and oxygen atoms in total. The van der Waals surface area contributed by atoms with Gasteiger partial charge in [-0.05, 0) is 24.8 Å². The van der Waals surface area contributed by atoms with Gasteiger partial charge in [0, 0.05) is 39.5 Å². The van der Waals surface area contributed by atoms with Crippen LogP contribution in [0.5, 0.6) is 0 Å². The molecule has 1 heterocycles. The van der Waals surface area contributed by atoms with Crippen LogP contribution in [0.15, 0.2) is 0 Å². The van der Waals surface area contributed by atoms with Crippen LogP contribution in [0.2, 0.25) is 0 Å². The maximum absolute atomic E-state index is 12.2. The second-order valence-corrected chi connectivity index (χ2v) is 5.82. The summed E-state index contributed by atoms with van der Waals surface area (Å²) in [5.41, 5.74) is 5.74. The van der Waals surface area contributed by atoms with Crippen molar-refractivity contribution in [3.8, 4) is 0 Å². The lowest BCUT2D eigenvalue weighted by Gasteiger charge is -2.35. The average Bonchev–Trinajstić information content (AvgIpc) is 2.37. The number of hydrogen-bond donors (Lipinski definition) is 1. The van der Waals surface area contributed by atoms with Crippen LogP contribution in [0.25, 0.3) is 0 Å². The van der Waals surface area contributed by atoms with Gasteiger partial charge < -0.3 is 15.5 Å². The molecule has 1 fully saturated rings. The molecule has 2 amide bonds. The van der Waals surface area contributed by atoms with Crippen LogP contribution < -0.4 is 5.73 Å². The lowest BCUT2D eigenvalue weighted by atomic mass is 9.93. The molecule has 0 aromatic carbocycles. The van der Waals surface area contributed by atoms with E-state index >= 15 is 0 Å². The van der Waals surface area contributed by atoms with Gasteiger partial charge in [-0.15, -0.1) is 0 Å². The highest BCUT2D eigenvalue weighted by molar-refractivity contribution is 5.77. The van der Waals surface area contributed by atoms with Gasteiger partial charge in [-0.3, -0.25) is 9.59 Å². The van der Waals surface area contributed by atoms with E-state index in [-0.39, 0.29) is 17.7 Å². The van der Waals surface area contributed by atoms with E-state index in [2.05, 4.69) is 13.8 Å². The zero-order valence-electron chi connectivity index (χ0n) is 12.4. The minimum Gasteiger partial charge on any atom is -0.339 e. The van der Waals surface area contributed by atoms with Crippen molar-refractivity contribution < 1.29 is 9.59 Å². The van der Waals surface area contributed by atoms with Gasteiger partial charge in [0.05, 0.1) is 0 Å². The van der Waals surface area contributed by atoms with Crippen molar-refractivity contribution in [3.63, 3.8) is 0 Å². The summed E-state index contributed by atoms with van der Waals surface area (Å²) in [6.07, 6.45) is 1.53. The second kappa shape index (κ2) is 7.48. The molecule has 19 heavy (non-hydrogen) atoms. The fourth-order valence-corrected chi connectivity index (χ4v) is 2.58. The molecule has 0 unspecified atom stereocenters. The van der Waals surface area contributed by atoms with Crippen molar-refractivity contribution in [2.24, 2.45) is 17.6 Å². The molecular weight excluding hydrogens is 242 g/mol. The molecule has 1 saturated heterocycles. The van der Waals surface area contributed by atoms with E-state index in [0.29, 0.717) is 45.1 Å². The Hall–Kier alpha value is -1.10. The maximum Gasteiger partial charge on any atom is 0.223 e. The summed E-state index contributed by atoms with van der Waals surface area (Å²) >= 11 is 0. The molecule has 0 radical (unpaired) electrons. The van der Waals surface area contributed by atoms with Gasteiger partial charge in [0.2, 0.25) is 11.8 Å². The fourth-order valence-electron chi connectivity index (χ4n) is 2.58. The zero-order chi connectivity index (χ0) is 14.4. The Morgan fingerprint density at radius 2 is 1.63 bits per heavy atom. The minimum absolute atomic E-state index is 0.0896. The maximum atomic E-state index is 12.2. The molecule has 1 atom stereocenters. The Kier molecular flexibility index (Phi) is 6.28. The first-order chi connectivity index (χ1) is 8.93. The van der Waals surface area contributed by atoms with Gasteiger partial charge in [-0.1, -0.05) is 13.8 Å². The number of carbonyl (C=O) groups is 2. The molecule has 0 saturated carbocycles. The molecule has 1 aliphatic rings. The summed E-state index contributed by atoms with van der Waals surface area (Å²) < 4.78 is 0. The van der Waals surface area contributed by atoms with Gasteiger partial charge in [0.25, 0.3) is 0 Å². The smallest absolute Gasteiger partial charge is 0.223 e. The van der Waals surface area contributed by atoms with E-state index in [1.54, 1.807) is 11.8 Å². The van der Waals surface area contributed by atoms with Crippen molar-refractivity contribution in [1.29, 1.82) is 0 Å². The van der Waals surface area contributed by atoms with Crippen molar-refractivity contribution in [2.45, 2.75) is 33.6 Å². The van der Waals surface area contributed by atoms with E-state index in [0.717, 1.165) is 6.42 Å². The molecule has 1 rings (SSSR count). The summed E-state index contributed by atoms with van der Waals surface area (Å²) in [7, 11) is 0. The number of carbonyl (C=O) groups excluding carboxylic acids is 2. The number of rotatable bonds is 5. The van der Waals surface area contributed by atoms with Crippen molar-refractivity contribution >= 4 is 11.8 Å². The molecule has 0 bridgehead atoms. The molecule has 0 spiro atoms. The SMILES string of the molecule is CC(=O)N1CCN(C(=O)C[C@@H](CN)CC(C)C)CC1. The van der Waals surface area contributed by atoms with Crippen LogP contribution in [-0.4, -0.2) is 54.3 Å². The molecular formula is C14H27N3O2. The Labute approximate surface area is 116 Å². The van der Waals surface area contributed by atoms with Gasteiger partial charge in [-0.2, -0.15) is 0 Å². The van der Waals surface area contributed by atoms with E-state index in [4.69, 9.17) is 5.73 Å². The van der Waals surface area contributed by atoms with E-state index in [1.807, 2.05) is 4.90 Å². The number of nitrogens with zero attached hydrogens (tertiary/aromatic N) is 2. The fraction of sp³-hybridized carbons (Fsp3) is 0.857. The number of amides is 2. The monoisotopic (exact) mass is 269 g/mol. The summed E-state index contributed by atoms with van der Waals surface area (Å²) in [4.78, 5) is 27.1. The quantitative estimate of drug-likeness (QED) is 0.798. The van der Waals surface area contributed by atoms with Crippen LogP contribution >= 0.6 is 0 Å². The van der Waals surface area contributed by atoms with Crippen LogP contribution in [0.1, 0.15) is 33.6 Å². The highest BCUT2D eigenvalue weighted by Gasteiger charge is 2.24. The van der Waals surface area contributed by atoms with Crippen LogP contribution in [0.4, 0.5) is 0 Å². The van der Waals surface area contributed by atoms with Crippen molar-refractivity contribution in [1.82, 2.24) is 9.80 Å².